The number of hydrogen-bond acceptors (Lipinski definition) is 0. The molecule has 0 saturated heterocycles. The fraction of sp³-hybridized carbons (Fsp3) is 0.500. The quantitative estimate of drug-likeness (QED) is 0.0767. The van der Waals surface area contributed by atoms with Gasteiger partial charge in [-0.25, -0.2) is 0 Å². The van der Waals surface area contributed by atoms with Crippen LogP contribution in [0.3, 0.4) is 0 Å². The molecule has 0 amide bonds. The number of hydrogen-bond donors (Lipinski definition) is 0. The smallest absolute Gasteiger partial charge is 0.126 e. The maximum absolute atomic E-state index is 3.96. The second-order valence-corrected chi connectivity index (χ2v) is 35.1. The molecule has 0 saturated carbocycles. The SMILES string of the molecule is CC[Si](C#Cc1cc(C#C[Si](CC)(CC)CC)c2ccc3c(C#C[Si](CC)(CC)CC)cc(C#C[Si](CC)(CC)CC)c4ccc1c2c43)(CC)CC. The van der Waals surface area contributed by atoms with E-state index in [0.717, 1.165) is 22.3 Å². The van der Waals surface area contributed by atoms with Crippen LogP contribution in [0.15, 0.2) is 36.4 Å². The first-order chi connectivity index (χ1) is 25.0. The van der Waals surface area contributed by atoms with Crippen molar-refractivity contribution in [1.29, 1.82) is 0 Å². The Balaban J connectivity index is 2.26. The lowest BCUT2D eigenvalue weighted by Gasteiger charge is -2.21. The molecule has 52 heavy (non-hydrogen) atoms. The minimum atomic E-state index is -1.67. The van der Waals surface area contributed by atoms with Crippen molar-refractivity contribution in [2.75, 3.05) is 0 Å². The van der Waals surface area contributed by atoms with E-state index >= 15 is 0 Å². The van der Waals surface area contributed by atoms with Crippen molar-refractivity contribution in [2.45, 2.75) is 156 Å². The van der Waals surface area contributed by atoms with E-state index in [1.54, 1.807) is 0 Å². The summed E-state index contributed by atoms with van der Waals surface area (Å²) in [6.07, 6.45) is 0. The van der Waals surface area contributed by atoms with E-state index in [-0.39, 0.29) is 0 Å². The molecule has 0 aliphatic heterocycles. The van der Waals surface area contributed by atoms with E-state index < -0.39 is 32.3 Å². The highest BCUT2D eigenvalue weighted by atomic mass is 28.3. The van der Waals surface area contributed by atoms with E-state index in [1.165, 1.54) is 105 Å². The van der Waals surface area contributed by atoms with Crippen molar-refractivity contribution in [3.05, 3.63) is 58.7 Å². The van der Waals surface area contributed by atoms with Crippen molar-refractivity contribution in [3.8, 4) is 45.9 Å². The van der Waals surface area contributed by atoms with Crippen LogP contribution in [0.2, 0.25) is 72.5 Å². The van der Waals surface area contributed by atoms with E-state index in [2.05, 4.69) is 165 Å². The maximum Gasteiger partial charge on any atom is 0.138 e. The fourth-order valence-corrected chi connectivity index (χ4v) is 18.0. The zero-order valence-electron chi connectivity index (χ0n) is 34.9. The van der Waals surface area contributed by atoms with E-state index in [0.29, 0.717) is 0 Å². The van der Waals surface area contributed by atoms with E-state index in [9.17, 15) is 0 Å². The predicted octanol–water partition coefficient (Wildman–Crippen LogP) is 14.2. The Bertz CT molecular complexity index is 1780. The Labute approximate surface area is 323 Å². The van der Waals surface area contributed by atoms with Crippen LogP contribution in [0.1, 0.15) is 105 Å². The van der Waals surface area contributed by atoms with Gasteiger partial charge in [-0.1, -0.05) is 131 Å². The van der Waals surface area contributed by atoms with Crippen LogP contribution in [0, 0.1) is 45.9 Å². The Kier molecular flexibility index (Phi) is 14.4. The van der Waals surface area contributed by atoms with Gasteiger partial charge in [0.2, 0.25) is 0 Å². The van der Waals surface area contributed by atoms with Crippen LogP contribution in [-0.4, -0.2) is 32.3 Å². The van der Waals surface area contributed by atoms with Gasteiger partial charge in [0, 0.05) is 22.3 Å². The molecule has 0 bridgehead atoms. The summed E-state index contributed by atoms with van der Waals surface area (Å²) in [6, 6.07) is 28.5. The second-order valence-electron chi connectivity index (χ2n) is 15.4. The lowest BCUT2D eigenvalue weighted by atomic mass is 9.86. The summed E-state index contributed by atoms with van der Waals surface area (Å²) in [5, 5.41) is 7.63. The molecular formula is C48H66Si4. The Hall–Kier alpha value is -2.97. The lowest BCUT2D eigenvalue weighted by molar-refractivity contribution is 1.20. The molecule has 0 aliphatic rings. The largest absolute Gasteiger partial charge is 0.138 e. The van der Waals surface area contributed by atoms with Crippen molar-refractivity contribution in [1.82, 2.24) is 0 Å². The van der Waals surface area contributed by atoms with Gasteiger partial charge in [0.25, 0.3) is 0 Å². The summed E-state index contributed by atoms with van der Waals surface area (Å²) in [7, 11) is -6.66. The molecule has 0 unspecified atom stereocenters. The van der Waals surface area contributed by atoms with Gasteiger partial charge in [-0.15, -0.1) is 22.2 Å². The molecule has 0 radical (unpaired) electrons. The van der Waals surface area contributed by atoms with Crippen molar-refractivity contribution >= 4 is 64.6 Å². The van der Waals surface area contributed by atoms with Gasteiger partial charge in [0.15, 0.2) is 0 Å². The molecule has 4 heteroatoms. The molecule has 4 aromatic carbocycles. The summed E-state index contributed by atoms with van der Waals surface area (Å²) < 4.78 is 0. The molecule has 0 aromatic heterocycles. The molecule has 0 heterocycles. The molecule has 0 nitrogen and oxygen atoms in total. The fourth-order valence-electron chi connectivity index (χ4n) is 8.27. The lowest BCUT2D eigenvalue weighted by Crippen LogP contribution is -2.29. The topological polar surface area (TPSA) is 0 Å². The zero-order chi connectivity index (χ0) is 38.2. The molecule has 0 fully saturated rings. The third-order valence-corrected chi connectivity index (χ3v) is 32.7. The van der Waals surface area contributed by atoms with Crippen LogP contribution in [0.5, 0.6) is 0 Å². The normalized spacial score (nSPS) is 12.2. The number of rotatable bonds is 12. The summed E-state index contributed by atoms with van der Waals surface area (Å²) in [6.45, 7) is 28.2. The first-order valence-electron chi connectivity index (χ1n) is 21.0. The van der Waals surface area contributed by atoms with Crippen LogP contribution >= 0.6 is 0 Å². The highest BCUT2D eigenvalue weighted by molar-refractivity contribution is 6.88. The van der Waals surface area contributed by atoms with Gasteiger partial charge < -0.3 is 0 Å². The van der Waals surface area contributed by atoms with Gasteiger partial charge in [-0.2, -0.15) is 0 Å². The molecule has 0 spiro atoms. The van der Waals surface area contributed by atoms with Crippen LogP contribution in [0.25, 0.3) is 32.3 Å². The molecule has 0 atom stereocenters. The minimum absolute atomic E-state index is 1.14. The third kappa shape index (κ3) is 8.08. The standard InChI is InChI=1S/C48H66Si4/c1-13-49(14-2,15-3)33-29-39-37-40(30-34-50(16-4,17-5)18-6)44-27-28-46-42(32-36-52(22-10,23-11)24-12)38-41(31-35-51(19-7,20-8)21-9)45-26-25-43(39)47(44)48(45)46/h25-28,37-38H,13-24H2,1-12H3. The highest BCUT2D eigenvalue weighted by Gasteiger charge is 2.28. The average molecular weight is 755 g/mol. The second kappa shape index (κ2) is 17.9. The summed E-state index contributed by atoms with van der Waals surface area (Å²) >= 11 is 0. The summed E-state index contributed by atoms with van der Waals surface area (Å²) in [5.74, 6) is 15.4. The molecule has 4 rings (SSSR count). The Morgan fingerprint density at radius 3 is 0.635 bits per heavy atom. The van der Waals surface area contributed by atoms with E-state index in [1.807, 2.05) is 0 Å². The Morgan fingerprint density at radius 2 is 0.481 bits per heavy atom. The van der Waals surface area contributed by atoms with Crippen LogP contribution in [0.4, 0.5) is 0 Å². The van der Waals surface area contributed by atoms with Crippen LogP contribution in [-0.2, 0) is 0 Å². The summed E-state index contributed by atoms with van der Waals surface area (Å²) in [5.41, 5.74) is 20.4. The van der Waals surface area contributed by atoms with Crippen molar-refractivity contribution < 1.29 is 0 Å². The average Bonchev–Trinajstić information content (AvgIpc) is 3.20. The minimum Gasteiger partial charge on any atom is -0.126 e. The van der Waals surface area contributed by atoms with Crippen molar-refractivity contribution in [2.24, 2.45) is 0 Å². The summed E-state index contributed by atoms with van der Waals surface area (Å²) in [4.78, 5) is 0. The molecule has 4 aromatic rings. The van der Waals surface area contributed by atoms with E-state index in [4.69, 9.17) is 0 Å². The zero-order valence-corrected chi connectivity index (χ0v) is 38.9. The molecule has 274 valence electrons. The molecule has 0 N–H and O–H groups in total. The maximum atomic E-state index is 3.96. The monoisotopic (exact) mass is 754 g/mol. The van der Waals surface area contributed by atoms with Gasteiger partial charge in [0.05, 0.1) is 0 Å². The van der Waals surface area contributed by atoms with Crippen molar-refractivity contribution in [3.63, 3.8) is 0 Å². The first-order valence-corrected chi connectivity index (χ1v) is 31.4. The molecular weight excluding hydrogens is 689 g/mol. The van der Waals surface area contributed by atoms with Crippen LogP contribution < -0.4 is 0 Å². The van der Waals surface area contributed by atoms with Gasteiger partial charge in [0.1, 0.15) is 32.3 Å². The first kappa shape index (κ1) is 41.8. The predicted molar refractivity (Wildman–Crippen MR) is 246 cm³/mol. The Morgan fingerprint density at radius 1 is 0.308 bits per heavy atom. The third-order valence-electron chi connectivity index (χ3n) is 13.9. The highest BCUT2D eigenvalue weighted by Crippen LogP contribution is 2.40. The van der Waals surface area contributed by atoms with Gasteiger partial charge in [-0.3, -0.25) is 0 Å². The molecule has 0 aliphatic carbocycles. The number of benzene rings is 4. The van der Waals surface area contributed by atoms with Gasteiger partial charge >= 0.3 is 0 Å². The van der Waals surface area contributed by atoms with Gasteiger partial charge in [-0.05, 0) is 117 Å².